The minimum absolute atomic E-state index is 0.0465. The Morgan fingerprint density at radius 2 is 1.94 bits per heavy atom. The molecule has 0 atom stereocenters. The highest BCUT2D eigenvalue weighted by Crippen LogP contribution is 2.18. The standard InChI is InChI=1S/C13H11FN2O2/c1-8-6-15-13(16-7-8)12(17)9-3-4-11(18-2)10(14)5-9/h3-7H,1-2H3. The molecule has 0 saturated carbocycles. The molecule has 1 heterocycles. The van der Waals surface area contributed by atoms with Crippen molar-refractivity contribution in [2.24, 2.45) is 0 Å². The van der Waals surface area contributed by atoms with Crippen molar-refractivity contribution in [1.82, 2.24) is 9.97 Å². The van der Waals surface area contributed by atoms with Crippen LogP contribution in [0.1, 0.15) is 21.7 Å². The molecule has 0 spiro atoms. The zero-order valence-electron chi connectivity index (χ0n) is 9.98. The van der Waals surface area contributed by atoms with Crippen molar-refractivity contribution in [2.75, 3.05) is 7.11 Å². The Balaban J connectivity index is 2.34. The summed E-state index contributed by atoms with van der Waals surface area (Å²) in [6.07, 6.45) is 3.08. The van der Waals surface area contributed by atoms with E-state index in [9.17, 15) is 9.18 Å². The van der Waals surface area contributed by atoms with Gasteiger partial charge in [-0.25, -0.2) is 14.4 Å². The number of ether oxygens (including phenoxy) is 1. The summed E-state index contributed by atoms with van der Waals surface area (Å²) in [4.78, 5) is 19.8. The van der Waals surface area contributed by atoms with E-state index in [1.54, 1.807) is 12.4 Å². The first-order chi connectivity index (χ1) is 8.61. The second-order valence-corrected chi connectivity index (χ2v) is 3.76. The number of aryl methyl sites for hydroxylation is 1. The minimum atomic E-state index is -0.588. The molecule has 1 aromatic heterocycles. The molecule has 0 amide bonds. The lowest BCUT2D eigenvalue weighted by atomic mass is 10.1. The zero-order valence-corrected chi connectivity index (χ0v) is 9.98. The van der Waals surface area contributed by atoms with E-state index in [1.165, 1.54) is 19.2 Å². The van der Waals surface area contributed by atoms with Crippen LogP contribution in [0.3, 0.4) is 0 Å². The van der Waals surface area contributed by atoms with E-state index in [2.05, 4.69) is 9.97 Å². The Morgan fingerprint density at radius 3 is 2.50 bits per heavy atom. The van der Waals surface area contributed by atoms with Crippen molar-refractivity contribution >= 4 is 5.78 Å². The molecule has 4 nitrogen and oxygen atoms in total. The molecule has 0 N–H and O–H groups in total. The number of rotatable bonds is 3. The Kier molecular flexibility index (Phi) is 3.32. The second-order valence-electron chi connectivity index (χ2n) is 3.76. The predicted molar refractivity (Wildman–Crippen MR) is 63.2 cm³/mol. The highest BCUT2D eigenvalue weighted by atomic mass is 19.1. The molecule has 0 saturated heterocycles. The van der Waals surface area contributed by atoms with E-state index in [-0.39, 0.29) is 17.1 Å². The second kappa shape index (κ2) is 4.91. The van der Waals surface area contributed by atoms with Gasteiger partial charge in [0, 0.05) is 18.0 Å². The Bertz CT molecular complexity index is 582. The van der Waals surface area contributed by atoms with Crippen molar-refractivity contribution in [1.29, 1.82) is 0 Å². The molecule has 0 radical (unpaired) electrons. The summed E-state index contributed by atoms with van der Waals surface area (Å²) in [6, 6.07) is 3.99. The van der Waals surface area contributed by atoms with Gasteiger partial charge in [0.05, 0.1) is 7.11 Å². The van der Waals surface area contributed by atoms with Crippen molar-refractivity contribution in [2.45, 2.75) is 6.92 Å². The van der Waals surface area contributed by atoms with Gasteiger partial charge in [0.15, 0.2) is 11.6 Å². The van der Waals surface area contributed by atoms with Gasteiger partial charge in [0.1, 0.15) is 0 Å². The van der Waals surface area contributed by atoms with Gasteiger partial charge in [-0.2, -0.15) is 0 Å². The lowest BCUT2D eigenvalue weighted by molar-refractivity contribution is 0.102. The van der Waals surface area contributed by atoms with Crippen LogP contribution in [0.25, 0.3) is 0 Å². The summed E-state index contributed by atoms with van der Waals surface area (Å²) < 4.78 is 18.3. The molecule has 0 aliphatic carbocycles. The molecule has 0 aliphatic rings. The number of hydrogen-bond donors (Lipinski definition) is 0. The minimum Gasteiger partial charge on any atom is -0.494 e. The molecule has 92 valence electrons. The third-order valence-electron chi connectivity index (χ3n) is 2.40. The number of methoxy groups -OCH3 is 1. The van der Waals surface area contributed by atoms with E-state index < -0.39 is 11.6 Å². The first-order valence-electron chi connectivity index (χ1n) is 5.28. The monoisotopic (exact) mass is 246 g/mol. The van der Waals surface area contributed by atoms with Crippen LogP contribution in [0, 0.1) is 12.7 Å². The summed E-state index contributed by atoms with van der Waals surface area (Å²) >= 11 is 0. The number of benzene rings is 1. The summed E-state index contributed by atoms with van der Waals surface area (Å²) in [7, 11) is 1.36. The van der Waals surface area contributed by atoms with E-state index in [1.807, 2.05) is 6.92 Å². The fraction of sp³-hybridized carbons (Fsp3) is 0.154. The topological polar surface area (TPSA) is 52.1 Å². The average Bonchev–Trinajstić information content (AvgIpc) is 2.38. The summed E-state index contributed by atoms with van der Waals surface area (Å²) in [5.41, 5.74) is 1.05. The van der Waals surface area contributed by atoms with Crippen LogP contribution in [-0.4, -0.2) is 22.9 Å². The molecule has 2 rings (SSSR count). The summed E-state index contributed by atoms with van der Waals surface area (Å²) in [5.74, 6) is -0.867. The lowest BCUT2D eigenvalue weighted by Gasteiger charge is -2.04. The lowest BCUT2D eigenvalue weighted by Crippen LogP contribution is -2.07. The summed E-state index contributed by atoms with van der Waals surface area (Å²) in [5, 5.41) is 0. The highest BCUT2D eigenvalue weighted by molar-refractivity contribution is 6.06. The third kappa shape index (κ3) is 2.34. The average molecular weight is 246 g/mol. The number of nitrogens with zero attached hydrogens (tertiary/aromatic N) is 2. The summed E-state index contributed by atoms with van der Waals surface area (Å²) in [6.45, 7) is 1.82. The first kappa shape index (κ1) is 12.2. The highest BCUT2D eigenvalue weighted by Gasteiger charge is 2.14. The van der Waals surface area contributed by atoms with E-state index in [4.69, 9.17) is 4.74 Å². The molecule has 0 bridgehead atoms. The van der Waals surface area contributed by atoms with Gasteiger partial charge >= 0.3 is 0 Å². The van der Waals surface area contributed by atoms with Crippen LogP contribution < -0.4 is 4.74 Å². The van der Waals surface area contributed by atoms with Crippen molar-refractivity contribution < 1.29 is 13.9 Å². The Labute approximate surface area is 103 Å². The van der Waals surface area contributed by atoms with Crippen LogP contribution in [0.15, 0.2) is 30.6 Å². The number of carbonyl (C=O) groups excluding carboxylic acids is 1. The van der Waals surface area contributed by atoms with Crippen LogP contribution in [0.4, 0.5) is 4.39 Å². The number of aromatic nitrogens is 2. The molecule has 1 aromatic carbocycles. The predicted octanol–water partition coefficient (Wildman–Crippen LogP) is 2.16. The molecule has 2 aromatic rings. The van der Waals surface area contributed by atoms with Gasteiger partial charge in [0.25, 0.3) is 0 Å². The largest absolute Gasteiger partial charge is 0.494 e. The molecule has 5 heteroatoms. The Morgan fingerprint density at radius 1 is 1.28 bits per heavy atom. The molecular formula is C13H11FN2O2. The number of hydrogen-bond acceptors (Lipinski definition) is 4. The number of halogens is 1. The van der Waals surface area contributed by atoms with Crippen molar-refractivity contribution in [3.63, 3.8) is 0 Å². The maximum Gasteiger partial charge on any atom is 0.230 e. The quantitative estimate of drug-likeness (QED) is 0.779. The molecule has 0 unspecified atom stereocenters. The molecular weight excluding hydrogens is 235 g/mol. The van der Waals surface area contributed by atoms with E-state index in [0.29, 0.717) is 0 Å². The zero-order chi connectivity index (χ0) is 13.1. The maximum absolute atomic E-state index is 13.5. The van der Waals surface area contributed by atoms with Crippen LogP contribution in [0.2, 0.25) is 0 Å². The van der Waals surface area contributed by atoms with Crippen LogP contribution in [0.5, 0.6) is 5.75 Å². The fourth-order valence-electron chi connectivity index (χ4n) is 1.45. The van der Waals surface area contributed by atoms with Crippen molar-refractivity contribution in [3.8, 4) is 5.75 Å². The fourth-order valence-corrected chi connectivity index (χ4v) is 1.45. The van der Waals surface area contributed by atoms with Crippen LogP contribution >= 0.6 is 0 Å². The molecule has 0 fully saturated rings. The smallest absolute Gasteiger partial charge is 0.230 e. The Hall–Kier alpha value is -2.30. The van der Waals surface area contributed by atoms with Gasteiger partial charge in [0.2, 0.25) is 11.6 Å². The van der Waals surface area contributed by atoms with Gasteiger partial charge in [-0.1, -0.05) is 0 Å². The van der Waals surface area contributed by atoms with Gasteiger partial charge in [-0.3, -0.25) is 4.79 Å². The SMILES string of the molecule is COc1ccc(C(=O)c2ncc(C)cn2)cc1F. The van der Waals surface area contributed by atoms with Gasteiger partial charge in [-0.15, -0.1) is 0 Å². The normalized spacial score (nSPS) is 10.2. The first-order valence-corrected chi connectivity index (χ1v) is 5.28. The van der Waals surface area contributed by atoms with E-state index >= 15 is 0 Å². The molecule has 18 heavy (non-hydrogen) atoms. The van der Waals surface area contributed by atoms with Gasteiger partial charge < -0.3 is 4.74 Å². The van der Waals surface area contributed by atoms with Crippen LogP contribution in [-0.2, 0) is 0 Å². The number of carbonyl (C=O) groups is 1. The molecule has 0 aliphatic heterocycles. The van der Waals surface area contributed by atoms with Crippen molar-refractivity contribution in [3.05, 3.63) is 53.4 Å². The third-order valence-corrected chi connectivity index (χ3v) is 2.40. The van der Waals surface area contributed by atoms with Gasteiger partial charge in [-0.05, 0) is 30.7 Å². The van der Waals surface area contributed by atoms with E-state index in [0.717, 1.165) is 11.6 Å². The number of ketones is 1. The maximum atomic E-state index is 13.5.